The average Bonchev–Trinajstić information content (AvgIpc) is 2.83. The van der Waals surface area contributed by atoms with Gasteiger partial charge >= 0.3 is 0 Å². The first kappa shape index (κ1) is 11.6. The van der Waals surface area contributed by atoms with Crippen LogP contribution in [0.3, 0.4) is 0 Å². The maximum absolute atomic E-state index is 12.3. The molecule has 1 aliphatic carbocycles. The predicted octanol–water partition coefficient (Wildman–Crippen LogP) is 2.27. The number of nitrogens with zero attached hydrogens (tertiary/aromatic N) is 3. The first-order valence-electron chi connectivity index (χ1n) is 6.84. The van der Waals surface area contributed by atoms with Gasteiger partial charge in [-0.15, -0.1) is 0 Å². The first-order chi connectivity index (χ1) is 8.79. The number of hydrogen-bond acceptors (Lipinski definition) is 3. The predicted molar refractivity (Wildman–Crippen MR) is 68.1 cm³/mol. The Balaban J connectivity index is 1.70. The number of carbonyl (C=O) groups excluding carboxylic acids is 1. The average molecular weight is 245 g/mol. The van der Waals surface area contributed by atoms with Crippen molar-refractivity contribution in [2.75, 3.05) is 13.1 Å². The van der Waals surface area contributed by atoms with Crippen molar-refractivity contribution in [2.45, 2.75) is 38.5 Å². The molecule has 2 fully saturated rings. The van der Waals surface area contributed by atoms with Gasteiger partial charge in [0.15, 0.2) is 0 Å². The lowest BCUT2D eigenvalue weighted by atomic mass is 9.73. The molecule has 2 heterocycles. The molecule has 0 radical (unpaired) electrons. The molecule has 1 saturated heterocycles. The SMILES string of the molecule is O=C(c1cnccn1)N1CCC2(CCCCC2)C1. The van der Waals surface area contributed by atoms with Gasteiger partial charge < -0.3 is 4.90 Å². The van der Waals surface area contributed by atoms with E-state index in [1.807, 2.05) is 4.90 Å². The largest absolute Gasteiger partial charge is 0.337 e. The summed E-state index contributed by atoms with van der Waals surface area (Å²) in [5.41, 5.74) is 0.890. The molecule has 1 spiro atoms. The molecule has 3 rings (SSSR count). The molecular weight excluding hydrogens is 226 g/mol. The summed E-state index contributed by atoms with van der Waals surface area (Å²) >= 11 is 0. The van der Waals surface area contributed by atoms with E-state index in [0.717, 1.165) is 13.1 Å². The normalized spacial score (nSPS) is 22.3. The molecule has 4 nitrogen and oxygen atoms in total. The summed E-state index contributed by atoms with van der Waals surface area (Å²) in [4.78, 5) is 22.3. The van der Waals surface area contributed by atoms with Crippen molar-refractivity contribution < 1.29 is 4.79 Å². The molecule has 1 aliphatic heterocycles. The molecular formula is C14H19N3O. The molecule has 2 aliphatic rings. The van der Waals surface area contributed by atoms with Gasteiger partial charge in [-0.3, -0.25) is 9.78 Å². The van der Waals surface area contributed by atoms with E-state index in [9.17, 15) is 4.79 Å². The van der Waals surface area contributed by atoms with Gasteiger partial charge in [0.05, 0.1) is 6.20 Å². The minimum Gasteiger partial charge on any atom is -0.337 e. The van der Waals surface area contributed by atoms with Crippen LogP contribution in [0.2, 0.25) is 0 Å². The summed E-state index contributed by atoms with van der Waals surface area (Å²) < 4.78 is 0. The lowest BCUT2D eigenvalue weighted by Crippen LogP contribution is -2.33. The topological polar surface area (TPSA) is 46.1 Å². The molecule has 1 aromatic heterocycles. The third-order valence-electron chi connectivity index (χ3n) is 4.42. The Morgan fingerprint density at radius 2 is 2.00 bits per heavy atom. The van der Waals surface area contributed by atoms with Crippen LogP contribution in [0.15, 0.2) is 18.6 Å². The van der Waals surface area contributed by atoms with Crippen LogP contribution in [0.25, 0.3) is 0 Å². The van der Waals surface area contributed by atoms with Gasteiger partial charge in [0.2, 0.25) is 0 Å². The number of rotatable bonds is 1. The summed E-state index contributed by atoms with van der Waals surface area (Å²) in [6.07, 6.45) is 12.5. The number of hydrogen-bond donors (Lipinski definition) is 0. The Kier molecular flexibility index (Phi) is 3.02. The Morgan fingerprint density at radius 1 is 1.17 bits per heavy atom. The third-order valence-corrected chi connectivity index (χ3v) is 4.42. The summed E-state index contributed by atoms with van der Waals surface area (Å²) in [7, 11) is 0. The van der Waals surface area contributed by atoms with E-state index < -0.39 is 0 Å². The molecule has 0 N–H and O–H groups in total. The highest BCUT2D eigenvalue weighted by Crippen LogP contribution is 2.43. The van der Waals surface area contributed by atoms with Crippen LogP contribution in [-0.2, 0) is 0 Å². The zero-order valence-electron chi connectivity index (χ0n) is 10.6. The minimum atomic E-state index is 0.0468. The Labute approximate surface area is 107 Å². The van der Waals surface area contributed by atoms with Crippen LogP contribution in [-0.4, -0.2) is 33.9 Å². The van der Waals surface area contributed by atoms with Gasteiger partial charge in [0.1, 0.15) is 5.69 Å². The van der Waals surface area contributed by atoms with Crippen LogP contribution in [0.4, 0.5) is 0 Å². The molecule has 1 amide bonds. The van der Waals surface area contributed by atoms with Gasteiger partial charge in [-0.25, -0.2) is 4.98 Å². The van der Waals surface area contributed by atoms with Crippen molar-refractivity contribution in [1.29, 1.82) is 0 Å². The first-order valence-corrected chi connectivity index (χ1v) is 6.84. The maximum Gasteiger partial charge on any atom is 0.274 e. The minimum absolute atomic E-state index is 0.0468. The summed E-state index contributed by atoms with van der Waals surface area (Å²) in [5, 5.41) is 0. The van der Waals surface area contributed by atoms with Crippen LogP contribution in [0.1, 0.15) is 49.0 Å². The van der Waals surface area contributed by atoms with E-state index in [1.54, 1.807) is 18.6 Å². The second-order valence-electron chi connectivity index (χ2n) is 5.63. The molecule has 18 heavy (non-hydrogen) atoms. The molecule has 0 aromatic carbocycles. The van der Waals surface area contributed by atoms with Crippen LogP contribution in [0.5, 0.6) is 0 Å². The Bertz CT molecular complexity index is 426. The molecule has 0 bridgehead atoms. The second kappa shape index (κ2) is 4.67. The van der Waals surface area contributed by atoms with E-state index in [0.29, 0.717) is 11.1 Å². The van der Waals surface area contributed by atoms with Crippen LogP contribution in [0, 0.1) is 5.41 Å². The second-order valence-corrected chi connectivity index (χ2v) is 5.63. The van der Waals surface area contributed by atoms with Gasteiger partial charge in [-0.2, -0.15) is 0 Å². The fourth-order valence-corrected chi connectivity index (χ4v) is 3.39. The van der Waals surface area contributed by atoms with Crippen molar-refractivity contribution in [3.8, 4) is 0 Å². The smallest absolute Gasteiger partial charge is 0.274 e. The monoisotopic (exact) mass is 245 g/mol. The number of aromatic nitrogens is 2. The fourth-order valence-electron chi connectivity index (χ4n) is 3.39. The number of amides is 1. The van der Waals surface area contributed by atoms with E-state index >= 15 is 0 Å². The quantitative estimate of drug-likeness (QED) is 0.762. The Morgan fingerprint density at radius 3 is 2.72 bits per heavy atom. The van der Waals surface area contributed by atoms with Crippen LogP contribution >= 0.6 is 0 Å². The highest BCUT2D eigenvalue weighted by molar-refractivity contribution is 5.92. The summed E-state index contributed by atoms with van der Waals surface area (Å²) in [6, 6.07) is 0. The third kappa shape index (κ3) is 2.11. The van der Waals surface area contributed by atoms with Crippen LogP contribution < -0.4 is 0 Å². The van der Waals surface area contributed by atoms with Gasteiger partial charge in [0, 0.05) is 25.5 Å². The lowest BCUT2D eigenvalue weighted by molar-refractivity contribution is 0.0752. The summed E-state index contributed by atoms with van der Waals surface area (Å²) in [5.74, 6) is 0.0468. The number of carbonyl (C=O) groups is 1. The highest BCUT2D eigenvalue weighted by atomic mass is 16.2. The van der Waals surface area contributed by atoms with Crippen molar-refractivity contribution >= 4 is 5.91 Å². The van der Waals surface area contributed by atoms with Gasteiger partial charge in [0.25, 0.3) is 5.91 Å². The lowest BCUT2D eigenvalue weighted by Gasteiger charge is -2.33. The van der Waals surface area contributed by atoms with Crippen molar-refractivity contribution in [1.82, 2.24) is 14.9 Å². The standard InChI is InChI=1S/C14H19N3O/c18-13(12-10-15-7-8-16-12)17-9-6-14(11-17)4-2-1-3-5-14/h7-8,10H,1-6,9,11H2. The fraction of sp³-hybridized carbons (Fsp3) is 0.643. The molecule has 0 atom stereocenters. The molecule has 1 saturated carbocycles. The molecule has 1 aromatic rings. The van der Waals surface area contributed by atoms with E-state index in [2.05, 4.69) is 9.97 Å². The van der Waals surface area contributed by atoms with Crippen molar-refractivity contribution in [3.05, 3.63) is 24.3 Å². The van der Waals surface area contributed by atoms with Crippen molar-refractivity contribution in [2.24, 2.45) is 5.41 Å². The maximum atomic E-state index is 12.3. The zero-order valence-corrected chi connectivity index (χ0v) is 10.6. The van der Waals surface area contributed by atoms with E-state index in [-0.39, 0.29) is 5.91 Å². The van der Waals surface area contributed by atoms with Gasteiger partial charge in [-0.05, 0) is 24.7 Å². The van der Waals surface area contributed by atoms with E-state index in [1.165, 1.54) is 38.5 Å². The van der Waals surface area contributed by atoms with Gasteiger partial charge in [-0.1, -0.05) is 19.3 Å². The van der Waals surface area contributed by atoms with E-state index in [4.69, 9.17) is 0 Å². The molecule has 4 heteroatoms. The Hall–Kier alpha value is -1.45. The molecule has 96 valence electrons. The summed E-state index contributed by atoms with van der Waals surface area (Å²) in [6.45, 7) is 1.80. The number of likely N-dealkylation sites (tertiary alicyclic amines) is 1. The zero-order chi connectivity index (χ0) is 12.4. The van der Waals surface area contributed by atoms with Crippen molar-refractivity contribution in [3.63, 3.8) is 0 Å². The highest BCUT2D eigenvalue weighted by Gasteiger charge is 2.40. The molecule has 0 unspecified atom stereocenters.